The molecule has 0 spiro atoms. The first-order valence-electron chi connectivity index (χ1n) is 10.4. The number of nitriles is 3. The van der Waals surface area contributed by atoms with E-state index in [2.05, 4.69) is 35.2 Å². The Labute approximate surface area is 188 Å². The number of allylic oxidation sites excluding steroid dienone is 2. The van der Waals surface area contributed by atoms with Crippen molar-refractivity contribution < 1.29 is 4.74 Å². The highest BCUT2D eigenvalue weighted by molar-refractivity contribution is 5.59. The standard InChI is InChI=1S/C26H23N5O/c1-32-20-9-7-19(8-10-20)24-23-15-31(14-18-5-3-2-4-6-18)12-11-21(23)22(13-27)25(30)26(24,16-28)17-29/h2-11,23-24H,12,14-15,30H2,1H3. The SMILES string of the molecule is COc1ccc(C2C3CN(Cc4ccccc4)CC=C3C(C#N)=C(N)C2(C#N)C#N)cc1. The van der Waals surface area contributed by atoms with Gasteiger partial charge < -0.3 is 10.5 Å². The summed E-state index contributed by atoms with van der Waals surface area (Å²) < 4.78 is 5.28. The van der Waals surface area contributed by atoms with Crippen LogP contribution in [0.25, 0.3) is 0 Å². The zero-order chi connectivity index (χ0) is 22.7. The van der Waals surface area contributed by atoms with E-state index in [1.807, 2.05) is 48.5 Å². The van der Waals surface area contributed by atoms with Crippen LogP contribution >= 0.6 is 0 Å². The Kier molecular flexibility index (Phi) is 5.69. The van der Waals surface area contributed by atoms with Gasteiger partial charge in [-0.15, -0.1) is 0 Å². The van der Waals surface area contributed by atoms with E-state index in [1.165, 1.54) is 5.56 Å². The molecule has 2 aliphatic rings. The van der Waals surface area contributed by atoms with E-state index in [4.69, 9.17) is 10.5 Å². The highest BCUT2D eigenvalue weighted by Gasteiger charge is 2.54. The summed E-state index contributed by atoms with van der Waals surface area (Å²) in [5.41, 5.74) is 7.90. The lowest BCUT2D eigenvalue weighted by Gasteiger charge is -2.45. The summed E-state index contributed by atoms with van der Waals surface area (Å²) in [6.45, 7) is 2.02. The molecule has 2 atom stereocenters. The molecule has 2 unspecified atom stereocenters. The topological polar surface area (TPSA) is 110 Å². The van der Waals surface area contributed by atoms with Crippen LogP contribution in [-0.2, 0) is 6.54 Å². The first-order valence-corrected chi connectivity index (χ1v) is 10.4. The molecule has 0 radical (unpaired) electrons. The summed E-state index contributed by atoms with van der Waals surface area (Å²) in [6, 6.07) is 24.1. The molecule has 6 nitrogen and oxygen atoms in total. The monoisotopic (exact) mass is 421 g/mol. The van der Waals surface area contributed by atoms with Crippen LogP contribution < -0.4 is 10.5 Å². The lowest BCUT2D eigenvalue weighted by atomic mass is 9.58. The van der Waals surface area contributed by atoms with Crippen LogP contribution in [0.3, 0.4) is 0 Å². The van der Waals surface area contributed by atoms with E-state index in [-0.39, 0.29) is 17.2 Å². The van der Waals surface area contributed by atoms with Gasteiger partial charge in [-0.1, -0.05) is 48.5 Å². The summed E-state index contributed by atoms with van der Waals surface area (Å²) in [5, 5.41) is 30.3. The van der Waals surface area contributed by atoms with Gasteiger partial charge in [-0.05, 0) is 28.8 Å². The smallest absolute Gasteiger partial charge is 0.191 e. The number of benzene rings is 2. The second-order valence-corrected chi connectivity index (χ2v) is 8.13. The molecule has 6 heteroatoms. The van der Waals surface area contributed by atoms with E-state index < -0.39 is 11.3 Å². The van der Waals surface area contributed by atoms with Crippen molar-refractivity contribution in [2.75, 3.05) is 20.2 Å². The minimum absolute atomic E-state index is 0.0461. The zero-order valence-electron chi connectivity index (χ0n) is 17.8. The second kappa shape index (κ2) is 8.60. The highest BCUT2D eigenvalue weighted by Crippen LogP contribution is 2.54. The van der Waals surface area contributed by atoms with E-state index >= 15 is 0 Å². The molecule has 0 aromatic heterocycles. The van der Waals surface area contributed by atoms with Crippen LogP contribution in [-0.4, -0.2) is 25.1 Å². The Hall–Kier alpha value is -4.05. The number of hydrogen-bond donors (Lipinski definition) is 1. The number of fused-ring (bicyclic) bond motifs is 1. The average Bonchev–Trinajstić information content (AvgIpc) is 2.84. The molecule has 4 rings (SSSR count). The molecular weight excluding hydrogens is 398 g/mol. The molecule has 158 valence electrons. The maximum atomic E-state index is 10.2. The summed E-state index contributed by atoms with van der Waals surface area (Å²) in [7, 11) is 1.59. The molecule has 1 aliphatic heterocycles. The largest absolute Gasteiger partial charge is 0.497 e. The molecule has 0 amide bonds. The number of ether oxygens (including phenoxy) is 1. The van der Waals surface area contributed by atoms with Gasteiger partial charge in [0.05, 0.1) is 30.5 Å². The van der Waals surface area contributed by atoms with Crippen LogP contribution in [0.4, 0.5) is 0 Å². The van der Waals surface area contributed by atoms with Crippen molar-refractivity contribution in [2.24, 2.45) is 17.1 Å². The molecule has 2 aromatic carbocycles. The molecule has 32 heavy (non-hydrogen) atoms. The Bertz CT molecular complexity index is 1180. The molecule has 2 N–H and O–H groups in total. The van der Waals surface area contributed by atoms with E-state index in [9.17, 15) is 15.8 Å². The highest BCUT2D eigenvalue weighted by atomic mass is 16.5. The first kappa shape index (κ1) is 21.2. The third-order valence-electron chi connectivity index (χ3n) is 6.46. The van der Waals surface area contributed by atoms with Crippen molar-refractivity contribution in [3.63, 3.8) is 0 Å². The average molecular weight is 422 g/mol. The number of rotatable bonds is 4. The van der Waals surface area contributed by atoms with Gasteiger partial charge in [-0.3, -0.25) is 4.90 Å². The fourth-order valence-electron chi connectivity index (χ4n) is 4.90. The molecular formula is C26H23N5O. The number of methoxy groups -OCH3 is 1. The second-order valence-electron chi connectivity index (χ2n) is 8.13. The van der Waals surface area contributed by atoms with Crippen LogP contribution in [0.1, 0.15) is 17.0 Å². The van der Waals surface area contributed by atoms with Crippen molar-refractivity contribution >= 4 is 0 Å². The molecule has 1 aliphatic carbocycles. The van der Waals surface area contributed by atoms with Crippen molar-refractivity contribution in [1.82, 2.24) is 4.90 Å². The minimum atomic E-state index is -1.63. The number of hydrogen-bond acceptors (Lipinski definition) is 6. The van der Waals surface area contributed by atoms with Gasteiger partial charge in [-0.2, -0.15) is 15.8 Å². The van der Waals surface area contributed by atoms with E-state index in [0.29, 0.717) is 18.8 Å². The fraction of sp³-hybridized carbons (Fsp3) is 0.269. The lowest BCUT2D eigenvalue weighted by molar-refractivity contribution is 0.201. The van der Waals surface area contributed by atoms with Gasteiger partial charge in [0.1, 0.15) is 11.8 Å². The predicted molar refractivity (Wildman–Crippen MR) is 120 cm³/mol. The maximum Gasteiger partial charge on any atom is 0.191 e. The first-order chi connectivity index (χ1) is 15.6. The Morgan fingerprint density at radius 2 is 1.75 bits per heavy atom. The van der Waals surface area contributed by atoms with Crippen LogP contribution in [0, 0.1) is 45.3 Å². The van der Waals surface area contributed by atoms with Crippen LogP contribution in [0.15, 0.2) is 77.5 Å². The molecule has 1 heterocycles. The summed E-state index contributed by atoms with van der Waals surface area (Å²) in [6.07, 6.45) is 2.03. The predicted octanol–water partition coefficient (Wildman–Crippen LogP) is 3.62. The Morgan fingerprint density at radius 1 is 1.06 bits per heavy atom. The third kappa shape index (κ3) is 3.40. The third-order valence-corrected chi connectivity index (χ3v) is 6.46. The van der Waals surface area contributed by atoms with E-state index in [1.54, 1.807) is 7.11 Å². The summed E-state index contributed by atoms with van der Waals surface area (Å²) >= 11 is 0. The fourth-order valence-corrected chi connectivity index (χ4v) is 4.90. The van der Waals surface area contributed by atoms with Crippen molar-refractivity contribution in [3.05, 3.63) is 88.6 Å². The van der Waals surface area contributed by atoms with Crippen LogP contribution in [0.2, 0.25) is 0 Å². The minimum Gasteiger partial charge on any atom is -0.497 e. The summed E-state index contributed by atoms with van der Waals surface area (Å²) in [5.74, 6) is -0.0390. The number of nitrogens with zero attached hydrogens (tertiary/aromatic N) is 4. The normalized spacial score (nSPS) is 22.0. The molecule has 2 aromatic rings. The Balaban J connectivity index is 1.83. The molecule has 0 saturated heterocycles. The zero-order valence-corrected chi connectivity index (χ0v) is 17.8. The molecule has 0 fully saturated rings. The van der Waals surface area contributed by atoms with Crippen molar-refractivity contribution in [2.45, 2.75) is 12.5 Å². The quantitative estimate of drug-likeness (QED) is 0.807. The Morgan fingerprint density at radius 3 is 2.34 bits per heavy atom. The van der Waals surface area contributed by atoms with Gasteiger partial charge >= 0.3 is 0 Å². The van der Waals surface area contributed by atoms with Gasteiger partial charge in [-0.25, -0.2) is 0 Å². The summed E-state index contributed by atoms with van der Waals surface area (Å²) in [4.78, 5) is 2.27. The van der Waals surface area contributed by atoms with Gasteiger partial charge in [0.25, 0.3) is 0 Å². The van der Waals surface area contributed by atoms with Gasteiger partial charge in [0.15, 0.2) is 5.41 Å². The van der Waals surface area contributed by atoms with Crippen LogP contribution in [0.5, 0.6) is 5.75 Å². The molecule has 0 saturated carbocycles. The molecule has 0 bridgehead atoms. The lowest BCUT2D eigenvalue weighted by Crippen LogP contribution is -2.47. The van der Waals surface area contributed by atoms with Gasteiger partial charge in [0, 0.05) is 31.5 Å². The van der Waals surface area contributed by atoms with Crippen molar-refractivity contribution in [1.29, 1.82) is 15.8 Å². The van der Waals surface area contributed by atoms with E-state index in [0.717, 1.165) is 17.7 Å². The van der Waals surface area contributed by atoms with Crippen molar-refractivity contribution in [3.8, 4) is 24.0 Å². The van der Waals surface area contributed by atoms with Gasteiger partial charge in [0.2, 0.25) is 0 Å². The number of nitrogens with two attached hydrogens (primary N) is 1. The maximum absolute atomic E-state index is 10.2.